The summed E-state index contributed by atoms with van der Waals surface area (Å²) in [5, 5.41) is 0. The number of aromatic nitrogens is 2. The van der Waals surface area contributed by atoms with E-state index in [9.17, 15) is 0 Å². The van der Waals surface area contributed by atoms with E-state index < -0.39 is 0 Å². The lowest BCUT2D eigenvalue weighted by Gasteiger charge is -1.94. The molecule has 1 heterocycles. The lowest BCUT2D eigenvalue weighted by atomic mass is 10.1. The third kappa shape index (κ3) is 1.01. The first-order valence-electron chi connectivity index (χ1n) is 3.47. The Kier molecular flexibility index (Phi) is 1.39. The predicted molar refractivity (Wildman–Crippen MR) is 46.9 cm³/mol. The Labute approximate surface area is 69.2 Å². The van der Waals surface area contributed by atoms with Crippen LogP contribution >= 0.6 is 11.7 Å². The van der Waals surface area contributed by atoms with Crippen LogP contribution in [0.1, 0.15) is 11.1 Å². The van der Waals surface area contributed by atoms with Gasteiger partial charge in [-0.3, -0.25) is 0 Å². The molecule has 2 aromatic rings. The van der Waals surface area contributed by atoms with Crippen LogP contribution in [0.25, 0.3) is 11.0 Å². The second-order valence-corrected chi connectivity index (χ2v) is 3.24. The van der Waals surface area contributed by atoms with Gasteiger partial charge in [-0.1, -0.05) is 6.07 Å². The fraction of sp³-hybridized carbons (Fsp3) is 0.250. The molecule has 56 valence electrons. The molecule has 0 aliphatic rings. The summed E-state index contributed by atoms with van der Waals surface area (Å²) >= 11 is 1.28. The van der Waals surface area contributed by atoms with Gasteiger partial charge < -0.3 is 0 Å². The second kappa shape index (κ2) is 2.27. The van der Waals surface area contributed by atoms with E-state index in [0.717, 1.165) is 11.0 Å². The third-order valence-corrected chi connectivity index (χ3v) is 2.24. The van der Waals surface area contributed by atoms with Gasteiger partial charge in [-0.25, -0.2) is 0 Å². The van der Waals surface area contributed by atoms with Gasteiger partial charge in [-0.05, 0) is 31.0 Å². The Hall–Kier alpha value is -0.960. The maximum Gasteiger partial charge on any atom is 0.107 e. The summed E-state index contributed by atoms with van der Waals surface area (Å²) in [7, 11) is 0. The highest BCUT2D eigenvalue weighted by atomic mass is 32.1. The molecule has 2 nitrogen and oxygen atoms in total. The fourth-order valence-corrected chi connectivity index (χ4v) is 1.82. The lowest BCUT2D eigenvalue weighted by molar-refractivity contribution is 1.40. The van der Waals surface area contributed by atoms with E-state index in [-0.39, 0.29) is 0 Å². The van der Waals surface area contributed by atoms with Gasteiger partial charge in [0.1, 0.15) is 11.0 Å². The van der Waals surface area contributed by atoms with E-state index in [4.69, 9.17) is 0 Å². The van der Waals surface area contributed by atoms with Gasteiger partial charge in [0.2, 0.25) is 0 Å². The van der Waals surface area contributed by atoms with Crippen molar-refractivity contribution >= 4 is 22.8 Å². The second-order valence-electron chi connectivity index (χ2n) is 2.71. The van der Waals surface area contributed by atoms with Crippen LogP contribution in [0.15, 0.2) is 12.1 Å². The van der Waals surface area contributed by atoms with E-state index >= 15 is 0 Å². The molecule has 0 radical (unpaired) electrons. The molecule has 1 aromatic carbocycles. The molecule has 0 atom stereocenters. The third-order valence-electron chi connectivity index (χ3n) is 1.70. The molecule has 0 aliphatic heterocycles. The van der Waals surface area contributed by atoms with Gasteiger partial charge >= 0.3 is 0 Å². The van der Waals surface area contributed by atoms with Gasteiger partial charge in [0.25, 0.3) is 0 Å². The Morgan fingerprint density at radius 1 is 1.18 bits per heavy atom. The Morgan fingerprint density at radius 2 is 2.00 bits per heavy atom. The van der Waals surface area contributed by atoms with Crippen molar-refractivity contribution < 1.29 is 0 Å². The highest BCUT2D eigenvalue weighted by Gasteiger charge is 2.01. The van der Waals surface area contributed by atoms with Crippen molar-refractivity contribution in [3.63, 3.8) is 0 Å². The van der Waals surface area contributed by atoms with Crippen LogP contribution in [0.2, 0.25) is 0 Å². The largest absolute Gasteiger partial charge is 0.173 e. The molecule has 0 spiro atoms. The molecule has 0 N–H and O–H groups in total. The average molecular weight is 164 g/mol. The topological polar surface area (TPSA) is 25.8 Å². The Morgan fingerprint density at radius 3 is 2.82 bits per heavy atom. The van der Waals surface area contributed by atoms with E-state index in [1.807, 2.05) is 0 Å². The summed E-state index contributed by atoms with van der Waals surface area (Å²) in [4.78, 5) is 0. The van der Waals surface area contributed by atoms with E-state index in [1.54, 1.807) is 0 Å². The quantitative estimate of drug-likeness (QED) is 0.597. The molecule has 11 heavy (non-hydrogen) atoms. The van der Waals surface area contributed by atoms with Crippen molar-refractivity contribution in [2.45, 2.75) is 13.8 Å². The first kappa shape index (κ1) is 6.73. The van der Waals surface area contributed by atoms with Gasteiger partial charge in [0.15, 0.2) is 0 Å². The van der Waals surface area contributed by atoms with Gasteiger partial charge in [-0.15, -0.1) is 0 Å². The minimum Gasteiger partial charge on any atom is -0.173 e. The zero-order chi connectivity index (χ0) is 7.84. The van der Waals surface area contributed by atoms with Gasteiger partial charge in [-0.2, -0.15) is 8.75 Å². The average Bonchev–Trinajstić information content (AvgIpc) is 2.34. The molecule has 3 heteroatoms. The summed E-state index contributed by atoms with van der Waals surface area (Å²) in [6.45, 7) is 4.14. The number of benzene rings is 1. The van der Waals surface area contributed by atoms with Crippen LogP contribution in [-0.4, -0.2) is 8.75 Å². The summed E-state index contributed by atoms with van der Waals surface area (Å²) in [5.41, 5.74) is 4.53. The van der Waals surface area contributed by atoms with Crippen molar-refractivity contribution in [1.82, 2.24) is 8.75 Å². The molecule has 0 aliphatic carbocycles. The van der Waals surface area contributed by atoms with E-state index in [0.29, 0.717) is 0 Å². The predicted octanol–water partition coefficient (Wildman–Crippen LogP) is 2.31. The molecule has 0 saturated heterocycles. The van der Waals surface area contributed by atoms with Crippen molar-refractivity contribution in [1.29, 1.82) is 0 Å². The maximum absolute atomic E-state index is 4.19. The molecule has 0 amide bonds. The summed E-state index contributed by atoms with van der Waals surface area (Å²) in [6.07, 6.45) is 0. The Balaban J connectivity index is 2.91. The maximum atomic E-state index is 4.19. The summed E-state index contributed by atoms with van der Waals surface area (Å²) in [5.74, 6) is 0. The molecule has 0 unspecified atom stereocenters. The van der Waals surface area contributed by atoms with Crippen molar-refractivity contribution in [3.05, 3.63) is 23.3 Å². The lowest BCUT2D eigenvalue weighted by Crippen LogP contribution is -1.79. The van der Waals surface area contributed by atoms with Crippen molar-refractivity contribution in [2.75, 3.05) is 0 Å². The molecule has 2 rings (SSSR count). The first-order chi connectivity index (χ1) is 5.27. The number of nitrogens with zero attached hydrogens (tertiary/aromatic N) is 2. The minimum absolute atomic E-state index is 1.02. The molecule has 1 aromatic heterocycles. The SMILES string of the molecule is Cc1cc(C)c2nsnc2c1. The highest BCUT2D eigenvalue weighted by molar-refractivity contribution is 7.00. The standard InChI is InChI=1S/C8H8N2S/c1-5-3-6(2)8-7(4-5)9-11-10-8/h3-4H,1-2H3. The van der Waals surface area contributed by atoms with E-state index in [2.05, 4.69) is 34.7 Å². The molecular weight excluding hydrogens is 156 g/mol. The number of fused-ring (bicyclic) bond motifs is 1. The van der Waals surface area contributed by atoms with Crippen LogP contribution in [0.5, 0.6) is 0 Å². The number of hydrogen-bond acceptors (Lipinski definition) is 3. The summed E-state index contributed by atoms with van der Waals surface area (Å²) < 4.78 is 8.36. The monoisotopic (exact) mass is 164 g/mol. The minimum atomic E-state index is 1.02. The van der Waals surface area contributed by atoms with Gasteiger partial charge in [0.05, 0.1) is 11.7 Å². The normalized spacial score (nSPS) is 10.7. The zero-order valence-electron chi connectivity index (χ0n) is 6.46. The zero-order valence-corrected chi connectivity index (χ0v) is 7.27. The number of hydrogen-bond donors (Lipinski definition) is 0. The highest BCUT2D eigenvalue weighted by Crippen LogP contribution is 2.17. The first-order valence-corrected chi connectivity index (χ1v) is 4.20. The Bertz CT molecular complexity index is 392. The van der Waals surface area contributed by atoms with Crippen LogP contribution in [-0.2, 0) is 0 Å². The van der Waals surface area contributed by atoms with Crippen LogP contribution < -0.4 is 0 Å². The van der Waals surface area contributed by atoms with Crippen molar-refractivity contribution in [3.8, 4) is 0 Å². The van der Waals surface area contributed by atoms with Crippen LogP contribution in [0, 0.1) is 13.8 Å². The van der Waals surface area contributed by atoms with Crippen LogP contribution in [0.4, 0.5) is 0 Å². The van der Waals surface area contributed by atoms with E-state index in [1.165, 1.54) is 22.9 Å². The molecule has 0 saturated carbocycles. The summed E-state index contributed by atoms with van der Waals surface area (Å²) in [6, 6.07) is 4.19. The molecule has 0 bridgehead atoms. The molecular formula is C8H8N2S. The fourth-order valence-electron chi connectivity index (χ4n) is 1.23. The van der Waals surface area contributed by atoms with Gasteiger partial charge in [0, 0.05) is 0 Å². The molecule has 0 fully saturated rings. The van der Waals surface area contributed by atoms with Crippen LogP contribution in [0.3, 0.4) is 0 Å². The number of rotatable bonds is 0. The smallest absolute Gasteiger partial charge is 0.107 e. The number of aryl methyl sites for hydroxylation is 2. The van der Waals surface area contributed by atoms with Crippen molar-refractivity contribution in [2.24, 2.45) is 0 Å².